The molecule has 2 fully saturated rings. The van der Waals surface area contributed by atoms with Gasteiger partial charge in [0.25, 0.3) is 0 Å². The molecule has 0 radical (unpaired) electrons. The van der Waals surface area contributed by atoms with Gasteiger partial charge >= 0.3 is 10.4 Å². The number of carbonyl (C=O) groups excluding carboxylic acids is 1. The maximum atomic E-state index is 12.5. The van der Waals surface area contributed by atoms with Crippen molar-refractivity contribution in [2.24, 2.45) is 0 Å². The molecular weight excluding hydrogens is 380 g/mol. The number of hydrogen-bond donors (Lipinski definition) is 6. The first-order valence-corrected chi connectivity index (χ1v) is 8.68. The summed E-state index contributed by atoms with van der Waals surface area (Å²) in [5.41, 5.74) is 0. The first-order valence-electron chi connectivity index (χ1n) is 7.35. The van der Waals surface area contributed by atoms with Crippen molar-refractivity contribution in [2.75, 3.05) is 26.8 Å². The number of piperidine rings is 1. The number of nitrogens with one attached hydrogen (secondary N) is 1. The number of guanidine groups is 1. The van der Waals surface area contributed by atoms with Crippen molar-refractivity contribution in [2.45, 2.75) is 30.4 Å². The van der Waals surface area contributed by atoms with Crippen molar-refractivity contribution in [1.29, 1.82) is 5.41 Å². The Morgan fingerprint density at radius 1 is 1.08 bits per heavy atom. The molecule has 6 N–H and O–H groups in total. The fourth-order valence-corrected chi connectivity index (χ4v) is 3.22. The smallest absolute Gasteiger partial charge is 0.394 e. The highest BCUT2D eigenvalue weighted by Crippen LogP contribution is 2.25. The van der Waals surface area contributed by atoms with Gasteiger partial charge in [0.2, 0.25) is 11.9 Å². The van der Waals surface area contributed by atoms with Crippen LogP contribution in [0.15, 0.2) is 0 Å². The van der Waals surface area contributed by atoms with Gasteiger partial charge in [0.05, 0.1) is 31.8 Å². The molecule has 0 aliphatic carbocycles. The summed E-state index contributed by atoms with van der Waals surface area (Å²) >= 11 is 0. The van der Waals surface area contributed by atoms with Crippen molar-refractivity contribution >= 4 is 22.3 Å². The highest BCUT2D eigenvalue weighted by atomic mass is 32.3. The molecule has 4 atom stereocenters. The van der Waals surface area contributed by atoms with Gasteiger partial charge in [-0.05, 0) is 0 Å². The summed E-state index contributed by atoms with van der Waals surface area (Å²) in [5.74, 6) is -1.48. The molecule has 0 aromatic rings. The fraction of sp³-hybridized carbons (Fsp3) is 0.818. The Bertz CT molecular complexity index is 629. The first-order chi connectivity index (χ1) is 12.0. The predicted octanol–water partition coefficient (Wildman–Crippen LogP) is -5.08. The van der Waals surface area contributed by atoms with Crippen molar-refractivity contribution in [3.63, 3.8) is 0 Å². The van der Waals surface area contributed by atoms with Crippen LogP contribution in [0, 0.1) is 5.41 Å². The third kappa shape index (κ3) is 3.74. The van der Waals surface area contributed by atoms with Crippen molar-refractivity contribution < 1.29 is 47.3 Å². The average Bonchev–Trinajstić information content (AvgIpc) is 2.56. The number of nitrogens with zero attached hydrogens (tertiary/aromatic N) is 3. The average molecular weight is 400 g/mol. The monoisotopic (exact) mass is 400 g/mol. The second-order valence-corrected chi connectivity index (χ2v) is 6.88. The van der Waals surface area contributed by atoms with E-state index in [1.807, 2.05) is 0 Å². The zero-order valence-electron chi connectivity index (χ0n) is 13.5. The maximum Gasteiger partial charge on any atom is 0.446 e. The van der Waals surface area contributed by atoms with E-state index in [1.165, 1.54) is 7.05 Å². The van der Waals surface area contributed by atoms with E-state index in [-0.39, 0.29) is 5.23 Å². The van der Waals surface area contributed by atoms with Crippen LogP contribution >= 0.6 is 0 Å². The number of aliphatic hydroxyl groups excluding tert-OH is 5. The molecule has 15 heteroatoms. The molecule has 26 heavy (non-hydrogen) atoms. The quantitative estimate of drug-likeness (QED) is 0.194. The van der Waals surface area contributed by atoms with Gasteiger partial charge in [-0.2, -0.15) is 8.42 Å². The summed E-state index contributed by atoms with van der Waals surface area (Å²) in [5, 5.41) is 56.5. The molecule has 2 saturated heterocycles. The largest absolute Gasteiger partial charge is 0.446 e. The number of likely N-dealkylation sites (N-methyl/N-ethyl adjacent to an activating group) is 1. The molecule has 0 aromatic carbocycles. The summed E-state index contributed by atoms with van der Waals surface area (Å²) in [6.45, 7) is -2.10. The third-order valence-corrected chi connectivity index (χ3v) is 4.73. The topological polar surface area (TPSA) is 204 Å². The number of rotatable bonds is 4. The summed E-state index contributed by atoms with van der Waals surface area (Å²) in [6, 6.07) is -2.62. The lowest BCUT2D eigenvalue weighted by Crippen LogP contribution is -2.70. The van der Waals surface area contributed by atoms with E-state index in [0.29, 0.717) is 0 Å². The molecule has 150 valence electrons. The van der Waals surface area contributed by atoms with Crippen LogP contribution in [0.25, 0.3) is 0 Å². The maximum absolute atomic E-state index is 12.5. The number of hydrogen-bond acceptors (Lipinski definition) is 11. The lowest BCUT2D eigenvalue weighted by atomic mass is 9.88. The van der Waals surface area contributed by atoms with E-state index in [9.17, 15) is 38.7 Å². The van der Waals surface area contributed by atoms with Gasteiger partial charge in [-0.15, -0.1) is 0 Å². The summed E-state index contributed by atoms with van der Waals surface area (Å²) in [7, 11) is -2.97. The minimum atomic E-state index is -4.20. The number of hydroxylamine groups is 2. The summed E-state index contributed by atoms with van der Waals surface area (Å²) < 4.78 is 29.8. The minimum Gasteiger partial charge on any atom is -0.394 e. The number of amides is 1. The Morgan fingerprint density at radius 2 is 1.54 bits per heavy atom. The summed E-state index contributed by atoms with van der Waals surface area (Å²) in [6.07, 6.45) is -5.02. The van der Waals surface area contributed by atoms with Crippen LogP contribution in [0.2, 0.25) is 0 Å². The van der Waals surface area contributed by atoms with Gasteiger partial charge in [0.1, 0.15) is 18.3 Å². The van der Waals surface area contributed by atoms with Gasteiger partial charge in [0.15, 0.2) is 0 Å². The number of likely N-dealkylation sites (tertiary alicyclic amines) is 1. The van der Waals surface area contributed by atoms with Gasteiger partial charge < -0.3 is 35.3 Å². The van der Waals surface area contributed by atoms with Crippen LogP contribution in [0.5, 0.6) is 0 Å². The summed E-state index contributed by atoms with van der Waals surface area (Å²) in [4.78, 5) is 14.3. The molecule has 0 saturated carbocycles. The molecule has 2 aliphatic heterocycles. The minimum absolute atomic E-state index is 0.235. The molecule has 14 nitrogen and oxygen atoms in total. The molecule has 1 amide bonds. The van der Waals surface area contributed by atoms with E-state index >= 15 is 0 Å². The van der Waals surface area contributed by atoms with Crippen molar-refractivity contribution in [1.82, 2.24) is 15.0 Å². The molecular formula is C11H20N4O10S. The van der Waals surface area contributed by atoms with Gasteiger partial charge in [-0.1, -0.05) is 13.8 Å². The Hall–Kier alpha value is -1.59. The fourth-order valence-electron chi connectivity index (χ4n) is 2.73. The number of carbonyl (C=O) groups is 1. The lowest BCUT2D eigenvalue weighted by Gasteiger charge is -2.48. The van der Waals surface area contributed by atoms with E-state index in [2.05, 4.69) is 8.57 Å². The predicted molar refractivity (Wildman–Crippen MR) is 79.9 cm³/mol. The van der Waals surface area contributed by atoms with Crippen LogP contribution in [-0.2, 0) is 23.8 Å². The van der Waals surface area contributed by atoms with Gasteiger partial charge in [-0.3, -0.25) is 10.2 Å². The van der Waals surface area contributed by atoms with Crippen molar-refractivity contribution in [3.8, 4) is 0 Å². The van der Waals surface area contributed by atoms with Crippen LogP contribution in [0.4, 0.5) is 0 Å². The van der Waals surface area contributed by atoms with Crippen LogP contribution in [-0.4, -0.2) is 118 Å². The molecule has 0 bridgehead atoms. The van der Waals surface area contributed by atoms with Crippen LogP contribution in [0.3, 0.4) is 0 Å². The van der Waals surface area contributed by atoms with E-state index in [4.69, 9.17) is 5.41 Å². The normalized spacial score (nSPS) is 33.5. The van der Waals surface area contributed by atoms with E-state index in [1.54, 1.807) is 0 Å². The highest BCUT2D eigenvalue weighted by molar-refractivity contribution is 7.82. The molecule has 0 aromatic heterocycles. The SMILES string of the molecule is CN(CC(=O)N1[C@H](CO)[C@@H](O)C(O)[C@H](O)[C@H]1CO)C(=N)N1OS(=O)(=O)O1. The Kier molecular flexibility index (Phi) is 6.03. The zero-order valence-corrected chi connectivity index (χ0v) is 14.4. The Labute approximate surface area is 148 Å². The van der Waals surface area contributed by atoms with Crippen LogP contribution < -0.4 is 0 Å². The number of aliphatic hydroxyl groups is 5. The highest BCUT2D eigenvalue weighted by Gasteiger charge is 2.49. The molecule has 0 unspecified atom stereocenters. The van der Waals surface area contributed by atoms with Crippen molar-refractivity contribution in [3.05, 3.63) is 0 Å². The second-order valence-electron chi connectivity index (χ2n) is 5.77. The third-order valence-electron chi connectivity index (χ3n) is 4.09. The second kappa shape index (κ2) is 7.57. The van der Waals surface area contributed by atoms with Crippen LogP contribution in [0.1, 0.15) is 0 Å². The van der Waals surface area contributed by atoms with E-state index < -0.39 is 72.4 Å². The first kappa shape index (κ1) is 20.7. The molecule has 2 heterocycles. The molecule has 0 spiro atoms. The Morgan fingerprint density at radius 3 is 1.92 bits per heavy atom. The Balaban J connectivity index is 2.11. The van der Waals surface area contributed by atoms with Gasteiger partial charge in [0, 0.05) is 7.05 Å². The molecule has 2 aliphatic rings. The lowest BCUT2D eigenvalue weighted by molar-refractivity contribution is -0.274. The zero-order chi connectivity index (χ0) is 19.8. The van der Waals surface area contributed by atoms with E-state index in [0.717, 1.165) is 9.80 Å². The molecule has 2 rings (SSSR count). The standard InChI is InChI=1S/C11H20N4O10S/c1-13(11(12)15-24-26(22,23)25-15)2-7(18)14-5(3-16)8(19)10(21)9(20)6(14)4-17/h5-6,8-10,12,16-17,19-21H,2-4H2,1H3/t5-,6-,8-,9-/m1/s1. The van der Waals surface area contributed by atoms with Gasteiger partial charge in [-0.25, -0.2) is 0 Å².